The van der Waals surface area contributed by atoms with Gasteiger partial charge in [0.05, 0.1) is 18.1 Å². The summed E-state index contributed by atoms with van der Waals surface area (Å²) in [5, 5.41) is 0. The number of methoxy groups -OCH3 is 1. The van der Waals surface area contributed by atoms with Crippen LogP contribution in [-0.4, -0.2) is 22.6 Å². The zero-order valence-electron chi connectivity index (χ0n) is 11.9. The molecule has 0 aliphatic rings. The van der Waals surface area contributed by atoms with E-state index < -0.39 is 0 Å². The molecule has 0 aliphatic heterocycles. The van der Waals surface area contributed by atoms with Crippen LogP contribution in [0.15, 0.2) is 18.2 Å². The minimum Gasteiger partial charge on any atom is -0.469 e. The van der Waals surface area contributed by atoms with Gasteiger partial charge in [0.25, 0.3) is 0 Å². The average molecular weight is 260 g/mol. The van der Waals surface area contributed by atoms with E-state index in [0.29, 0.717) is 18.8 Å². The highest BCUT2D eigenvalue weighted by Crippen LogP contribution is 2.22. The number of aryl methyl sites for hydroxylation is 2. The molecule has 4 heteroatoms. The van der Waals surface area contributed by atoms with Crippen LogP contribution in [0.4, 0.5) is 0 Å². The number of nitrogens with zero attached hydrogens (tertiary/aromatic N) is 2. The van der Waals surface area contributed by atoms with E-state index in [1.54, 1.807) is 0 Å². The number of ether oxygens (including phenoxy) is 1. The van der Waals surface area contributed by atoms with Gasteiger partial charge in [-0.1, -0.05) is 19.9 Å². The molecule has 1 heterocycles. The zero-order valence-corrected chi connectivity index (χ0v) is 11.9. The van der Waals surface area contributed by atoms with Crippen molar-refractivity contribution in [3.05, 3.63) is 29.6 Å². The number of carbonyl (C=O) groups excluding carboxylic acids is 1. The summed E-state index contributed by atoms with van der Waals surface area (Å²) in [7, 11) is 3.45. The molecular weight excluding hydrogens is 240 g/mol. The molecule has 0 amide bonds. The number of benzene rings is 1. The number of fused-ring (bicyclic) bond motifs is 1. The van der Waals surface area contributed by atoms with E-state index in [2.05, 4.69) is 34.2 Å². The highest BCUT2D eigenvalue weighted by Gasteiger charge is 2.11. The Hall–Kier alpha value is -1.84. The number of rotatable bonds is 4. The summed E-state index contributed by atoms with van der Waals surface area (Å²) in [6.07, 6.45) is 1.11. The Labute approximate surface area is 113 Å². The molecule has 4 nitrogen and oxygen atoms in total. The Balaban J connectivity index is 2.29. The van der Waals surface area contributed by atoms with Gasteiger partial charge in [0, 0.05) is 19.4 Å². The normalized spacial score (nSPS) is 11.2. The third-order valence-electron chi connectivity index (χ3n) is 3.34. The highest BCUT2D eigenvalue weighted by molar-refractivity contribution is 5.77. The lowest BCUT2D eigenvalue weighted by Crippen LogP contribution is -2.02. The van der Waals surface area contributed by atoms with Gasteiger partial charge in [-0.2, -0.15) is 0 Å². The van der Waals surface area contributed by atoms with Crippen LogP contribution in [0.5, 0.6) is 0 Å². The molecule has 0 bridgehead atoms. The number of hydrogen-bond acceptors (Lipinski definition) is 3. The van der Waals surface area contributed by atoms with Crippen LogP contribution < -0.4 is 0 Å². The molecule has 0 saturated heterocycles. The highest BCUT2D eigenvalue weighted by atomic mass is 16.5. The van der Waals surface area contributed by atoms with E-state index in [9.17, 15) is 4.79 Å². The van der Waals surface area contributed by atoms with Crippen LogP contribution in [0.25, 0.3) is 11.0 Å². The number of carbonyl (C=O) groups is 1. The van der Waals surface area contributed by atoms with Gasteiger partial charge < -0.3 is 9.30 Å². The van der Waals surface area contributed by atoms with Gasteiger partial charge in [-0.3, -0.25) is 4.79 Å². The molecule has 0 saturated carbocycles. The van der Waals surface area contributed by atoms with Crippen molar-refractivity contribution in [2.24, 2.45) is 7.05 Å². The van der Waals surface area contributed by atoms with E-state index in [1.165, 1.54) is 7.11 Å². The van der Waals surface area contributed by atoms with E-state index in [-0.39, 0.29) is 5.97 Å². The average Bonchev–Trinajstić information content (AvgIpc) is 2.73. The summed E-state index contributed by atoms with van der Waals surface area (Å²) in [5.41, 5.74) is 3.26. The molecule has 0 aliphatic carbocycles. The summed E-state index contributed by atoms with van der Waals surface area (Å²) < 4.78 is 6.79. The van der Waals surface area contributed by atoms with Gasteiger partial charge in [-0.05, 0) is 24.1 Å². The Kier molecular flexibility index (Phi) is 3.88. The number of esters is 1. The maximum Gasteiger partial charge on any atom is 0.305 e. The van der Waals surface area contributed by atoms with Gasteiger partial charge in [0.15, 0.2) is 0 Å². The molecular formula is C15H20N2O2. The first-order valence-corrected chi connectivity index (χ1v) is 6.55. The Bertz CT molecular complexity index is 599. The molecule has 2 rings (SSSR count). The molecule has 0 unspecified atom stereocenters. The monoisotopic (exact) mass is 260 g/mol. The summed E-state index contributed by atoms with van der Waals surface area (Å²) >= 11 is 0. The largest absolute Gasteiger partial charge is 0.469 e. The first kappa shape index (κ1) is 13.6. The van der Waals surface area contributed by atoms with Crippen LogP contribution in [0.1, 0.15) is 37.6 Å². The SMILES string of the molecule is COC(=O)CCc1ccc2nc(C(C)C)n(C)c2c1. The maximum absolute atomic E-state index is 11.2. The third kappa shape index (κ3) is 2.78. The predicted octanol–water partition coefficient (Wildman–Crippen LogP) is 2.80. The first-order valence-electron chi connectivity index (χ1n) is 6.55. The minimum atomic E-state index is -0.173. The van der Waals surface area contributed by atoms with E-state index in [4.69, 9.17) is 0 Å². The summed E-state index contributed by atoms with van der Waals surface area (Å²) in [6.45, 7) is 4.28. The number of aromatic nitrogens is 2. The molecule has 0 radical (unpaired) electrons. The van der Waals surface area contributed by atoms with E-state index in [0.717, 1.165) is 22.4 Å². The van der Waals surface area contributed by atoms with Crippen molar-refractivity contribution in [3.63, 3.8) is 0 Å². The second kappa shape index (κ2) is 5.43. The lowest BCUT2D eigenvalue weighted by molar-refractivity contribution is -0.140. The molecule has 102 valence electrons. The van der Waals surface area contributed by atoms with Crippen LogP contribution in [0.3, 0.4) is 0 Å². The maximum atomic E-state index is 11.2. The Morgan fingerprint density at radius 3 is 2.79 bits per heavy atom. The van der Waals surface area contributed by atoms with Crippen molar-refractivity contribution in [1.29, 1.82) is 0 Å². The molecule has 2 aromatic rings. The molecule has 1 aromatic carbocycles. The van der Waals surface area contributed by atoms with Crippen molar-refractivity contribution in [2.75, 3.05) is 7.11 Å². The fraction of sp³-hybridized carbons (Fsp3) is 0.467. The smallest absolute Gasteiger partial charge is 0.305 e. The van der Waals surface area contributed by atoms with E-state index >= 15 is 0 Å². The Morgan fingerprint density at radius 1 is 1.42 bits per heavy atom. The third-order valence-corrected chi connectivity index (χ3v) is 3.34. The number of hydrogen-bond donors (Lipinski definition) is 0. The van der Waals surface area contributed by atoms with Crippen molar-refractivity contribution in [2.45, 2.75) is 32.6 Å². The minimum absolute atomic E-state index is 0.173. The second-order valence-electron chi connectivity index (χ2n) is 5.08. The standard InChI is InChI=1S/C15H20N2O2/c1-10(2)15-16-12-7-5-11(6-8-14(18)19-4)9-13(12)17(15)3/h5,7,9-10H,6,8H2,1-4H3. The van der Waals surface area contributed by atoms with Gasteiger partial charge >= 0.3 is 5.97 Å². The molecule has 0 N–H and O–H groups in total. The molecule has 1 aromatic heterocycles. The van der Waals surface area contributed by atoms with Gasteiger partial charge in [-0.15, -0.1) is 0 Å². The summed E-state index contributed by atoms with van der Waals surface area (Å²) in [4.78, 5) is 15.8. The van der Waals surface area contributed by atoms with Crippen LogP contribution in [0.2, 0.25) is 0 Å². The van der Waals surface area contributed by atoms with Gasteiger partial charge in [0.1, 0.15) is 5.82 Å². The second-order valence-corrected chi connectivity index (χ2v) is 5.08. The van der Waals surface area contributed by atoms with Gasteiger partial charge in [0.2, 0.25) is 0 Å². The fourth-order valence-electron chi connectivity index (χ4n) is 2.27. The topological polar surface area (TPSA) is 44.1 Å². The predicted molar refractivity (Wildman–Crippen MR) is 75.1 cm³/mol. The van der Waals surface area contributed by atoms with Crippen LogP contribution in [0, 0.1) is 0 Å². The van der Waals surface area contributed by atoms with Crippen molar-refractivity contribution in [3.8, 4) is 0 Å². The molecule has 0 atom stereocenters. The van der Waals surface area contributed by atoms with Crippen molar-refractivity contribution >= 4 is 17.0 Å². The fourth-order valence-corrected chi connectivity index (χ4v) is 2.27. The molecule has 19 heavy (non-hydrogen) atoms. The lowest BCUT2D eigenvalue weighted by atomic mass is 10.1. The van der Waals surface area contributed by atoms with Crippen LogP contribution in [-0.2, 0) is 23.0 Å². The van der Waals surface area contributed by atoms with Gasteiger partial charge in [-0.25, -0.2) is 4.98 Å². The van der Waals surface area contributed by atoms with Crippen molar-refractivity contribution in [1.82, 2.24) is 9.55 Å². The molecule has 0 spiro atoms. The van der Waals surface area contributed by atoms with Crippen LogP contribution >= 0.6 is 0 Å². The summed E-state index contributed by atoms with van der Waals surface area (Å²) in [5.74, 6) is 1.31. The van der Waals surface area contributed by atoms with E-state index in [1.807, 2.05) is 19.2 Å². The quantitative estimate of drug-likeness (QED) is 0.794. The van der Waals surface area contributed by atoms with Crippen molar-refractivity contribution < 1.29 is 9.53 Å². The zero-order chi connectivity index (χ0) is 14.0. The molecule has 0 fully saturated rings. The lowest BCUT2D eigenvalue weighted by Gasteiger charge is -2.05. The summed E-state index contributed by atoms with van der Waals surface area (Å²) in [6, 6.07) is 6.16. The first-order chi connectivity index (χ1) is 9.02. The Morgan fingerprint density at radius 2 is 2.16 bits per heavy atom. The number of imidazole rings is 1.